The molecule has 0 saturated carbocycles. The van der Waals surface area contributed by atoms with Crippen molar-refractivity contribution >= 4 is 11.6 Å². The summed E-state index contributed by atoms with van der Waals surface area (Å²) in [4.78, 5) is 12.0. The van der Waals surface area contributed by atoms with Crippen LogP contribution in [0.15, 0.2) is 24.3 Å². The van der Waals surface area contributed by atoms with E-state index < -0.39 is 0 Å². The summed E-state index contributed by atoms with van der Waals surface area (Å²) >= 11 is 0. The van der Waals surface area contributed by atoms with Crippen molar-refractivity contribution in [2.24, 2.45) is 5.92 Å². The largest absolute Gasteiger partial charge is 0.399 e. The van der Waals surface area contributed by atoms with Gasteiger partial charge in [-0.15, -0.1) is 0 Å². The second kappa shape index (κ2) is 6.57. The zero-order valence-corrected chi connectivity index (χ0v) is 11.4. The summed E-state index contributed by atoms with van der Waals surface area (Å²) in [5, 5.41) is 2.99. The first kappa shape index (κ1) is 13.9. The Morgan fingerprint density at radius 3 is 3.11 bits per heavy atom. The van der Waals surface area contributed by atoms with Gasteiger partial charge in [0.2, 0.25) is 5.91 Å². The molecule has 0 spiro atoms. The Bertz CT molecular complexity index is 428. The summed E-state index contributed by atoms with van der Waals surface area (Å²) in [6.07, 6.45) is 2.11. The molecule has 0 aliphatic carbocycles. The smallest absolute Gasteiger partial charge is 0.227 e. The molecule has 2 atom stereocenters. The monoisotopic (exact) mass is 262 g/mol. The molecular formula is C15H22N2O2. The van der Waals surface area contributed by atoms with Crippen molar-refractivity contribution < 1.29 is 9.53 Å². The molecule has 0 aromatic heterocycles. The fourth-order valence-electron chi connectivity index (χ4n) is 2.34. The van der Waals surface area contributed by atoms with E-state index in [1.54, 1.807) is 0 Å². The number of nitrogen functional groups attached to an aromatic ring is 1. The molecule has 3 N–H and O–H groups in total. The van der Waals surface area contributed by atoms with Crippen LogP contribution in [0.3, 0.4) is 0 Å². The second-order valence-electron chi connectivity index (χ2n) is 5.20. The van der Waals surface area contributed by atoms with Gasteiger partial charge in [0.15, 0.2) is 0 Å². The van der Waals surface area contributed by atoms with E-state index in [2.05, 4.69) is 5.32 Å². The van der Waals surface area contributed by atoms with Crippen LogP contribution in [0.2, 0.25) is 0 Å². The highest BCUT2D eigenvalue weighted by Gasteiger charge is 2.18. The normalized spacial score (nSPS) is 20.2. The van der Waals surface area contributed by atoms with Crippen LogP contribution in [0.1, 0.15) is 31.2 Å². The molecule has 1 aromatic carbocycles. The molecule has 2 unspecified atom stereocenters. The number of amides is 1. The molecule has 0 bridgehead atoms. The van der Waals surface area contributed by atoms with E-state index in [1.807, 2.05) is 31.2 Å². The number of nitrogens with one attached hydrogen (secondary N) is 1. The molecule has 1 fully saturated rings. The maximum atomic E-state index is 12.0. The van der Waals surface area contributed by atoms with Crippen LogP contribution >= 0.6 is 0 Å². The van der Waals surface area contributed by atoms with Gasteiger partial charge >= 0.3 is 0 Å². The van der Waals surface area contributed by atoms with E-state index in [9.17, 15) is 4.79 Å². The Kier molecular flexibility index (Phi) is 4.80. The third-order valence-electron chi connectivity index (χ3n) is 3.68. The number of nitrogens with two attached hydrogens (primary N) is 1. The number of carbonyl (C=O) groups is 1. The molecule has 1 aliphatic rings. The quantitative estimate of drug-likeness (QED) is 0.797. The van der Waals surface area contributed by atoms with Crippen LogP contribution in [0.5, 0.6) is 0 Å². The van der Waals surface area contributed by atoms with E-state index in [-0.39, 0.29) is 11.8 Å². The minimum Gasteiger partial charge on any atom is -0.399 e. The fourth-order valence-corrected chi connectivity index (χ4v) is 2.34. The van der Waals surface area contributed by atoms with Crippen molar-refractivity contribution in [1.29, 1.82) is 0 Å². The minimum atomic E-state index is -0.164. The number of carbonyl (C=O) groups excluding carboxylic acids is 1. The van der Waals surface area contributed by atoms with Gasteiger partial charge in [-0.25, -0.2) is 0 Å². The van der Waals surface area contributed by atoms with Crippen molar-refractivity contribution in [2.45, 2.75) is 25.7 Å². The summed E-state index contributed by atoms with van der Waals surface area (Å²) in [7, 11) is 0. The van der Waals surface area contributed by atoms with Crippen LogP contribution in [-0.2, 0) is 9.53 Å². The third-order valence-corrected chi connectivity index (χ3v) is 3.68. The van der Waals surface area contributed by atoms with Crippen molar-refractivity contribution in [1.82, 2.24) is 5.32 Å². The van der Waals surface area contributed by atoms with Gasteiger partial charge in [0.1, 0.15) is 0 Å². The number of benzene rings is 1. The molecule has 1 aliphatic heterocycles. The van der Waals surface area contributed by atoms with E-state index in [1.165, 1.54) is 0 Å². The van der Waals surface area contributed by atoms with Gasteiger partial charge in [-0.2, -0.15) is 0 Å². The average molecular weight is 262 g/mol. The lowest BCUT2D eigenvalue weighted by Crippen LogP contribution is -2.30. The number of ether oxygens (including phenoxy) is 1. The lowest BCUT2D eigenvalue weighted by atomic mass is 9.99. The Labute approximate surface area is 114 Å². The van der Waals surface area contributed by atoms with E-state index in [0.29, 0.717) is 11.6 Å². The van der Waals surface area contributed by atoms with Crippen LogP contribution in [0, 0.1) is 5.92 Å². The van der Waals surface area contributed by atoms with Gasteiger partial charge in [0.25, 0.3) is 0 Å². The topological polar surface area (TPSA) is 64.3 Å². The maximum absolute atomic E-state index is 12.0. The molecule has 1 aromatic rings. The minimum absolute atomic E-state index is 0.0597. The van der Waals surface area contributed by atoms with Crippen LogP contribution in [0.4, 0.5) is 5.69 Å². The lowest BCUT2D eigenvalue weighted by Gasteiger charge is -2.14. The Hall–Kier alpha value is -1.55. The predicted molar refractivity (Wildman–Crippen MR) is 75.8 cm³/mol. The molecule has 0 radical (unpaired) electrons. The SMILES string of the molecule is CC(C(=O)NCCC1CCOC1)c1cccc(N)c1. The van der Waals surface area contributed by atoms with Crippen LogP contribution in [0.25, 0.3) is 0 Å². The van der Waals surface area contributed by atoms with Gasteiger partial charge < -0.3 is 15.8 Å². The van der Waals surface area contributed by atoms with Gasteiger partial charge in [0.05, 0.1) is 5.92 Å². The first-order valence-electron chi connectivity index (χ1n) is 6.87. The van der Waals surface area contributed by atoms with Gasteiger partial charge in [-0.1, -0.05) is 12.1 Å². The van der Waals surface area contributed by atoms with E-state index in [0.717, 1.165) is 38.2 Å². The zero-order valence-electron chi connectivity index (χ0n) is 11.4. The van der Waals surface area contributed by atoms with E-state index in [4.69, 9.17) is 10.5 Å². The van der Waals surface area contributed by atoms with Gasteiger partial charge in [0, 0.05) is 25.4 Å². The lowest BCUT2D eigenvalue weighted by molar-refractivity contribution is -0.122. The summed E-state index contributed by atoms with van der Waals surface area (Å²) in [5.74, 6) is 0.496. The Morgan fingerprint density at radius 1 is 1.58 bits per heavy atom. The number of hydrogen-bond donors (Lipinski definition) is 2. The molecule has 1 amide bonds. The molecule has 19 heavy (non-hydrogen) atoms. The fraction of sp³-hybridized carbons (Fsp3) is 0.533. The zero-order chi connectivity index (χ0) is 13.7. The highest BCUT2D eigenvalue weighted by molar-refractivity contribution is 5.83. The number of anilines is 1. The predicted octanol–water partition coefficient (Wildman–Crippen LogP) is 1.92. The standard InChI is InChI=1S/C15H22N2O2/c1-11(13-3-2-4-14(16)9-13)15(18)17-7-5-12-6-8-19-10-12/h2-4,9,11-12H,5-8,10,16H2,1H3,(H,17,18). The number of hydrogen-bond acceptors (Lipinski definition) is 3. The van der Waals surface area contributed by atoms with Crippen molar-refractivity contribution in [3.63, 3.8) is 0 Å². The average Bonchev–Trinajstić information content (AvgIpc) is 2.91. The molecule has 2 rings (SSSR count). The molecule has 1 heterocycles. The molecule has 104 valence electrons. The first-order chi connectivity index (χ1) is 9.16. The van der Waals surface area contributed by atoms with Crippen molar-refractivity contribution in [3.8, 4) is 0 Å². The summed E-state index contributed by atoms with van der Waals surface area (Å²) < 4.78 is 5.32. The van der Waals surface area contributed by atoms with Crippen molar-refractivity contribution in [3.05, 3.63) is 29.8 Å². The van der Waals surface area contributed by atoms with Crippen LogP contribution < -0.4 is 11.1 Å². The maximum Gasteiger partial charge on any atom is 0.227 e. The number of rotatable bonds is 5. The summed E-state index contributed by atoms with van der Waals surface area (Å²) in [5.41, 5.74) is 7.39. The van der Waals surface area contributed by atoms with E-state index >= 15 is 0 Å². The third kappa shape index (κ3) is 3.96. The Morgan fingerprint density at radius 2 is 2.42 bits per heavy atom. The molecule has 4 nitrogen and oxygen atoms in total. The van der Waals surface area contributed by atoms with Crippen molar-refractivity contribution in [2.75, 3.05) is 25.5 Å². The highest BCUT2D eigenvalue weighted by atomic mass is 16.5. The van der Waals surface area contributed by atoms with Gasteiger partial charge in [-0.3, -0.25) is 4.79 Å². The summed E-state index contributed by atoms with van der Waals surface area (Å²) in [6, 6.07) is 7.50. The molecule has 4 heteroatoms. The second-order valence-corrected chi connectivity index (χ2v) is 5.20. The molecule has 1 saturated heterocycles. The first-order valence-corrected chi connectivity index (χ1v) is 6.87. The highest BCUT2D eigenvalue weighted by Crippen LogP contribution is 2.18. The van der Waals surface area contributed by atoms with Crippen LogP contribution in [-0.4, -0.2) is 25.7 Å². The Balaban J connectivity index is 1.78. The van der Waals surface area contributed by atoms with Gasteiger partial charge in [-0.05, 0) is 43.4 Å². The molecular weight excluding hydrogens is 240 g/mol. The summed E-state index contributed by atoms with van der Waals surface area (Å²) in [6.45, 7) is 4.32.